The van der Waals surface area contributed by atoms with Gasteiger partial charge in [-0.3, -0.25) is 14.0 Å². The van der Waals surface area contributed by atoms with Crippen LogP contribution in [0.25, 0.3) is 27.4 Å². The fourth-order valence-corrected chi connectivity index (χ4v) is 6.47. The molecule has 14 nitrogen and oxygen atoms in total. The molecule has 1 aliphatic heterocycles. The highest BCUT2D eigenvalue weighted by atomic mass is 32.1. The molecule has 2 atom stereocenters. The maximum Gasteiger partial charge on any atom is 0.254 e. The molecular formula is C27H28N8O6S. The summed E-state index contributed by atoms with van der Waals surface area (Å²) in [4.78, 5) is 37.4. The molecule has 0 aromatic carbocycles. The molecule has 15 heteroatoms. The Morgan fingerprint density at radius 1 is 1.21 bits per heavy atom. The molecule has 5 aromatic heterocycles. The van der Waals surface area contributed by atoms with Gasteiger partial charge in [-0.05, 0) is 12.8 Å². The molecule has 7 rings (SSSR count). The van der Waals surface area contributed by atoms with Crippen molar-refractivity contribution in [2.75, 3.05) is 36.5 Å². The summed E-state index contributed by atoms with van der Waals surface area (Å²) in [6.45, 7) is 2.34. The highest BCUT2D eigenvalue weighted by Crippen LogP contribution is 2.35. The van der Waals surface area contributed by atoms with Gasteiger partial charge in [0.05, 0.1) is 42.7 Å². The van der Waals surface area contributed by atoms with Crippen LogP contribution in [0.3, 0.4) is 0 Å². The van der Waals surface area contributed by atoms with E-state index in [9.17, 15) is 14.7 Å². The predicted molar refractivity (Wildman–Crippen MR) is 153 cm³/mol. The first kappa shape index (κ1) is 26.6. The standard InChI is InChI=1S/C27H28N8O6S/c28-24(38)21-17(32-27(35-13-30-33-25(21)35)31-16-3-1-2-4-18(16)36)9-14-11-29-26(42-14)15-12-40-23-19(37)10-20(41-22(15)23)34-5-7-39-8-6-34/h10-13,16,18,36H,1-9H2,(H2,28,38)(H,31,32)/t16-,18+/m1/s1. The van der Waals surface area contributed by atoms with Crippen LogP contribution in [0.5, 0.6) is 0 Å². The van der Waals surface area contributed by atoms with Gasteiger partial charge in [-0.1, -0.05) is 12.8 Å². The number of carbonyl (C=O) groups excluding carboxylic acids is 1. The molecule has 1 aliphatic carbocycles. The number of carbonyl (C=O) groups is 1. The van der Waals surface area contributed by atoms with Crippen LogP contribution in [0.4, 0.5) is 11.8 Å². The number of amides is 1. The Labute approximate surface area is 242 Å². The monoisotopic (exact) mass is 592 g/mol. The van der Waals surface area contributed by atoms with E-state index >= 15 is 0 Å². The summed E-state index contributed by atoms with van der Waals surface area (Å²) in [6, 6.07) is 1.24. The number of primary amides is 1. The van der Waals surface area contributed by atoms with Gasteiger partial charge in [0.2, 0.25) is 17.0 Å². The van der Waals surface area contributed by atoms with E-state index in [-0.39, 0.29) is 34.7 Å². The van der Waals surface area contributed by atoms with Crippen LogP contribution in [0, 0.1) is 0 Å². The minimum absolute atomic E-state index is 0.120. The van der Waals surface area contributed by atoms with Crippen molar-refractivity contribution in [1.29, 1.82) is 0 Å². The second-order valence-electron chi connectivity index (χ2n) is 10.4. The number of aliphatic hydroxyl groups excluding tert-OH is 1. The Morgan fingerprint density at radius 3 is 2.86 bits per heavy atom. The number of hydrogen-bond donors (Lipinski definition) is 3. The van der Waals surface area contributed by atoms with Crippen molar-refractivity contribution in [3.05, 3.63) is 51.2 Å². The minimum Gasteiger partial charge on any atom is -0.456 e. The average molecular weight is 593 g/mol. The largest absolute Gasteiger partial charge is 0.456 e. The molecule has 0 spiro atoms. The van der Waals surface area contributed by atoms with E-state index in [1.54, 1.807) is 10.6 Å². The lowest BCUT2D eigenvalue weighted by Crippen LogP contribution is -2.37. The zero-order valence-electron chi connectivity index (χ0n) is 22.5. The van der Waals surface area contributed by atoms with E-state index < -0.39 is 12.0 Å². The first-order valence-corrected chi connectivity index (χ1v) is 14.6. The summed E-state index contributed by atoms with van der Waals surface area (Å²) in [6.07, 6.45) is 7.79. The predicted octanol–water partition coefficient (Wildman–Crippen LogP) is 2.19. The Kier molecular flexibility index (Phi) is 6.84. The van der Waals surface area contributed by atoms with E-state index in [0.29, 0.717) is 66.4 Å². The zero-order chi connectivity index (χ0) is 28.8. The molecule has 0 unspecified atom stereocenters. The quantitative estimate of drug-likeness (QED) is 0.250. The summed E-state index contributed by atoms with van der Waals surface area (Å²) in [7, 11) is 0. The fraction of sp³-hybridized carbons (Fsp3) is 0.407. The third-order valence-electron chi connectivity index (χ3n) is 7.70. The SMILES string of the molecule is NC(=O)c1c(Cc2cnc(-c3coc4c(=O)cc(N5CCOCC5)oc34)s2)nc(N[C@@H]2CCCC[C@@H]2O)n2cnnc12. The lowest BCUT2D eigenvalue weighted by Gasteiger charge is -2.29. The highest BCUT2D eigenvalue weighted by Gasteiger charge is 2.27. The van der Waals surface area contributed by atoms with Gasteiger partial charge in [-0.25, -0.2) is 9.97 Å². The number of aliphatic hydroxyl groups is 1. The van der Waals surface area contributed by atoms with Gasteiger partial charge >= 0.3 is 0 Å². The Balaban J connectivity index is 1.23. The number of nitrogens with two attached hydrogens (primary N) is 1. The average Bonchev–Trinajstić information content (AvgIpc) is 3.75. The smallest absolute Gasteiger partial charge is 0.254 e. The minimum atomic E-state index is -0.678. The third kappa shape index (κ3) is 4.78. The van der Waals surface area contributed by atoms with E-state index in [2.05, 4.69) is 20.5 Å². The number of nitrogens with one attached hydrogen (secondary N) is 1. The number of nitrogens with zero attached hydrogens (tertiary/aromatic N) is 6. The van der Waals surface area contributed by atoms with Crippen molar-refractivity contribution in [1.82, 2.24) is 24.6 Å². The van der Waals surface area contributed by atoms with Crippen molar-refractivity contribution in [2.45, 2.75) is 44.2 Å². The Bertz CT molecular complexity index is 1840. The summed E-state index contributed by atoms with van der Waals surface area (Å²) in [5.74, 6) is 0.196. The molecule has 6 heterocycles. The zero-order valence-corrected chi connectivity index (χ0v) is 23.3. The maximum absolute atomic E-state index is 12.8. The molecule has 1 saturated heterocycles. The van der Waals surface area contributed by atoms with Gasteiger partial charge in [0.15, 0.2) is 17.1 Å². The van der Waals surface area contributed by atoms with Crippen LogP contribution < -0.4 is 21.4 Å². The van der Waals surface area contributed by atoms with Crippen LogP contribution in [0.2, 0.25) is 0 Å². The number of hydrogen-bond acceptors (Lipinski definition) is 13. The van der Waals surface area contributed by atoms with E-state index in [4.69, 9.17) is 24.3 Å². The van der Waals surface area contributed by atoms with Crippen molar-refractivity contribution in [2.24, 2.45) is 5.73 Å². The van der Waals surface area contributed by atoms with Gasteiger partial charge in [-0.2, -0.15) is 0 Å². The van der Waals surface area contributed by atoms with Gasteiger partial charge in [-0.15, -0.1) is 21.5 Å². The van der Waals surface area contributed by atoms with Crippen LogP contribution >= 0.6 is 11.3 Å². The number of ether oxygens (including phenoxy) is 1. The second kappa shape index (κ2) is 10.8. The third-order valence-corrected chi connectivity index (χ3v) is 8.73. The molecule has 4 N–H and O–H groups in total. The normalized spacial score (nSPS) is 19.5. The molecule has 0 bridgehead atoms. The Morgan fingerprint density at radius 2 is 2.05 bits per heavy atom. The fourth-order valence-electron chi connectivity index (χ4n) is 5.55. The van der Waals surface area contributed by atoms with E-state index in [1.807, 2.05) is 4.90 Å². The summed E-state index contributed by atoms with van der Waals surface area (Å²) < 4.78 is 18.7. The molecular weight excluding hydrogens is 564 g/mol. The summed E-state index contributed by atoms with van der Waals surface area (Å²) in [5.41, 5.74) is 7.35. The number of rotatable bonds is 7. The molecule has 1 amide bonds. The first-order chi connectivity index (χ1) is 20.5. The van der Waals surface area contributed by atoms with Gasteiger partial charge in [0.1, 0.15) is 23.2 Å². The second-order valence-corrected chi connectivity index (χ2v) is 11.5. The topological polar surface area (TPSA) is 187 Å². The lowest BCUT2D eigenvalue weighted by atomic mass is 9.93. The molecule has 1 saturated carbocycles. The number of morpholine rings is 1. The van der Waals surface area contributed by atoms with Crippen molar-refractivity contribution in [3.8, 4) is 10.6 Å². The van der Waals surface area contributed by atoms with Crippen molar-refractivity contribution < 1.29 is 23.5 Å². The summed E-state index contributed by atoms with van der Waals surface area (Å²) in [5, 5.41) is 22.6. The van der Waals surface area contributed by atoms with Gasteiger partial charge in [0, 0.05) is 30.6 Å². The van der Waals surface area contributed by atoms with Crippen LogP contribution in [0.15, 0.2) is 38.5 Å². The van der Waals surface area contributed by atoms with Crippen molar-refractivity contribution in [3.63, 3.8) is 0 Å². The van der Waals surface area contributed by atoms with E-state index in [0.717, 1.165) is 24.1 Å². The van der Waals surface area contributed by atoms with E-state index in [1.165, 1.54) is 30.0 Å². The number of aromatic nitrogens is 5. The van der Waals surface area contributed by atoms with Crippen molar-refractivity contribution >= 4 is 45.9 Å². The molecule has 2 fully saturated rings. The first-order valence-electron chi connectivity index (χ1n) is 13.8. The van der Waals surface area contributed by atoms with Crippen LogP contribution in [-0.2, 0) is 11.2 Å². The maximum atomic E-state index is 12.8. The summed E-state index contributed by atoms with van der Waals surface area (Å²) >= 11 is 1.36. The Hall–Kier alpha value is -4.34. The van der Waals surface area contributed by atoms with Crippen LogP contribution in [-0.4, -0.2) is 74.0 Å². The molecule has 42 heavy (non-hydrogen) atoms. The number of thiazole rings is 1. The highest BCUT2D eigenvalue weighted by molar-refractivity contribution is 7.15. The van der Waals surface area contributed by atoms with Gasteiger partial charge < -0.3 is 34.6 Å². The molecule has 2 aliphatic rings. The molecule has 5 aromatic rings. The number of anilines is 2. The van der Waals surface area contributed by atoms with Gasteiger partial charge in [0.25, 0.3) is 5.91 Å². The molecule has 218 valence electrons. The number of fused-ring (bicyclic) bond motifs is 2. The molecule has 0 radical (unpaired) electrons. The lowest BCUT2D eigenvalue weighted by molar-refractivity contribution is 0.0999. The number of furan rings is 1. The van der Waals surface area contributed by atoms with Crippen LogP contribution in [0.1, 0.15) is 46.6 Å².